The maximum atomic E-state index is 12.8. The molecule has 0 radical (unpaired) electrons. The second-order valence-electron chi connectivity index (χ2n) is 6.30. The molecule has 8 heteroatoms. The van der Waals surface area contributed by atoms with Crippen molar-refractivity contribution in [1.82, 2.24) is 9.88 Å². The number of aromatic nitrogens is 1. The number of halogens is 3. The van der Waals surface area contributed by atoms with Crippen LogP contribution in [-0.4, -0.2) is 42.1 Å². The highest BCUT2D eigenvalue weighted by molar-refractivity contribution is 5.92. The molecule has 5 nitrogen and oxygen atoms in total. The molecule has 1 atom stereocenters. The zero-order valence-electron chi connectivity index (χ0n) is 15.1. The largest absolute Gasteiger partial charge is 0.497 e. The molecule has 1 saturated heterocycles. The van der Waals surface area contributed by atoms with Gasteiger partial charge in [0.1, 0.15) is 11.9 Å². The Hall–Kier alpha value is -3.03. The maximum absolute atomic E-state index is 12.8. The molecular formula is C20H19F3N2O3. The first-order valence-electron chi connectivity index (χ1n) is 8.66. The summed E-state index contributed by atoms with van der Waals surface area (Å²) in [5, 5.41) is 0. The van der Waals surface area contributed by atoms with Gasteiger partial charge in [-0.05, 0) is 29.8 Å². The topological polar surface area (TPSA) is 51.7 Å². The number of carbonyl (C=O) groups excluding carboxylic acids is 1. The van der Waals surface area contributed by atoms with E-state index in [4.69, 9.17) is 9.47 Å². The number of hydrogen-bond donors (Lipinski definition) is 0. The van der Waals surface area contributed by atoms with E-state index in [0.29, 0.717) is 19.5 Å². The molecule has 1 aromatic carbocycles. The zero-order chi connectivity index (χ0) is 20.1. The molecule has 28 heavy (non-hydrogen) atoms. The van der Waals surface area contributed by atoms with E-state index < -0.39 is 17.8 Å². The van der Waals surface area contributed by atoms with Crippen LogP contribution in [0, 0.1) is 0 Å². The minimum Gasteiger partial charge on any atom is -0.497 e. The van der Waals surface area contributed by atoms with Crippen LogP contribution in [-0.2, 0) is 11.0 Å². The predicted octanol–water partition coefficient (Wildman–Crippen LogP) is 3.80. The Morgan fingerprint density at radius 1 is 1.25 bits per heavy atom. The van der Waals surface area contributed by atoms with Gasteiger partial charge in [0, 0.05) is 31.3 Å². The molecule has 0 saturated carbocycles. The number of hydrogen-bond acceptors (Lipinski definition) is 4. The standard InChI is InChI=1S/C20H19F3N2O3/c1-27-16-5-2-14(3-6-16)4-7-19(26)25-11-9-17(13-25)28-18-12-15(8-10-24-18)20(21,22)23/h2-8,10,12,17H,9,11,13H2,1H3/b7-4+. The third-order valence-electron chi connectivity index (χ3n) is 4.34. The minimum atomic E-state index is -4.45. The van der Waals surface area contributed by atoms with Crippen LogP contribution in [0.15, 0.2) is 48.7 Å². The fraction of sp³-hybridized carbons (Fsp3) is 0.300. The van der Waals surface area contributed by atoms with Gasteiger partial charge in [-0.1, -0.05) is 12.1 Å². The van der Waals surface area contributed by atoms with Crippen molar-refractivity contribution in [3.05, 3.63) is 59.8 Å². The Kier molecular flexibility index (Phi) is 5.87. The summed E-state index contributed by atoms with van der Waals surface area (Å²) >= 11 is 0. The van der Waals surface area contributed by atoms with E-state index >= 15 is 0 Å². The van der Waals surface area contributed by atoms with Crippen LogP contribution in [0.1, 0.15) is 17.5 Å². The monoisotopic (exact) mass is 392 g/mol. The number of carbonyl (C=O) groups is 1. The second-order valence-corrected chi connectivity index (χ2v) is 6.30. The summed E-state index contributed by atoms with van der Waals surface area (Å²) < 4.78 is 48.9. The van der Waals surface area contributed by atoms with Gasteiger partial charge in [0.25, 0.3) is 0 Å². The Balaban J connectivity index is 1.56. The van der Waals surface area contributed by atoms with E-state index in [1.807, 2.05) is 12.1 Å². The van der Waals surface area contributed by atoms with Crippen LogP contribution in [0.3, 0.4) is 0 Å². The summed E-state index contributed by atoms with van der Waals surface area (Å²) in [5.74, 6) is 0.452. The number of likely N-dealkylation sites (tertiary alicyclic amines) is 1. The quantitative estimate of drug-likeness (QED) is 0.727. The molecule has 3 rings (SSSR count). The lowest BCUT2D eigenvalue weighted by atomic mass is 10.2. The lowest BCUT2D eigenvalue weighted by molar-refractivity contribution is -0.137. The molecular weight excluding hydrogens is 373 g/mol. The molecule has 1 unspecified atom stereocenters. The number of alkyl halides is 3. The number of rotatable bonds is 5. The molecule has 1 aromatic heterocycles. The summed E-state index contributed by atoms with van der Waals surface area (Å²) in [6.07, 6.45) is -0.0929. The molecule has 0 aliphatic carbocycles. The van der Waals surface area contributed by atoms with Crippen molar-refractivity contribution in [1.29, 1.82) is 0 Å². The first-order chi connectivity index (χ1) is 13.3. The summed E-state index contributed by atoms with van der Waals surface area (Å²) in [4.78, 5) is 17.7. The Labute approximate surface area is 160 Å². The number of methoxy groups -OCH3 is 1. The SMILES string of the molecule is COc1ccc(/C=C/C(=O)N2CCC(Oc3cc(C(F)(F)F)ccn3)C2)cc1. The molecule has 1 amide bonds. The van der Waals surface area contributed by atoms with E-state index in [2.05, 4.69) is 4.98 Å². The third kappa shape index (κ3) is 5.03. The van der Waals surface area contributed by atoms with E-state index in [1.54, 1.807) is 30.2 Å². The van der Waals surface area contributed by atoms with Gasteiger partial charge >= 0.3 is 6.18 Å². The van der Waals surface area contributed by atoms with Gasteiger partial charge in [-0.3, -0.25) is 4.79 Å². The second kappa shape index (κ2) is 8.33. The lowest BCUT2D eigenvalue weighted by Gasteiger charge is -2.16. The zero-order valence-corrected chi connectivity index (χ0v) is 15.1. The van der Waals surface area contributed by atoms with E-state index in [-0.39, 0.29) is 11.8 Å². The van der Waals surface area contributed by atoms with Crippen LogP contribution < -0.4 is 9.47 Å². The Morgan fingerprint density at radius 3 is 2.68 bits per heavy atom. The highest BCUT2D eigenvalue weighted by Crippen LogP contribution is 2.31. The van der Waals surface area contributed by atoms with Gasteiger partial charge in [-0.2, -0.15) is 13.2 Å². The predicted molar refractivity (Wildman–Crippen MR) is 96.9 cm³/mol. The Morgan fingerprint density at radius 2 is 2.00 bits per heavy atom. The molecule has 0 bridgehead atoms. The van der Waals surface area contributed by atoms with Gasteiger partial charge in [0.2, 0.25) is 11.8 Å². The first kappa shape index (κ1) is 19.7. The number of pyridine rings is 1. The van der Waals surface area contributed by atoms with E-state index in [9.17, 15) is 18.0 Å². The average Bonchev–Trinajstić information content (AvgIpc) is 3.14. The van der Waals surface area contributed by atoms with Crippen molar-refractivity contribution in [2.45, 2.75) is 18.7 Å². The van der Waals surface area contributed by atoms with Crippen molar-refractivity contribution >= 4 is 12.0 Å². The fourth-order valence-corrected chi connectivity index (χ4v) is 2.83. The highest BCUT2D eigenvalue weighted by atomic mass is 19.4. The van der Waals surface area contributed by atoms with Gasteiger partial charge < -0.3 is 14.4 Å². The summed E-state index contributed by atoms with van der Waals surface area (Å²) in [7, 11) is 1.58. The fourth-order valence-electron chi connectivity index (χ4n) is 2.83. The van der Waals surface area contributed by atoms with Crippen molar-refractivity contribution in [2.75, 3.05) is 20.2 Å². The smallest absolute Gasteiger partial charge is 0.416 e. The van der Waals surface area contributed by atoms with Gasteiger partial charge in [0.05, 0.1) is 19.2 Å². The van der Waals surface area contributed by atoms with Crippen LogP contribution in [0.4, 0.5) is 13.2 Å². The van der Waals surface area contributed by atoms with Crippen molar-refractivity contribution in [3.8, 4) is 11.6 Å². The van der Waals surface area contributed by atoms with Crippen LogP contribution >= 0.6 is 0 Å². The molecule has 1 aliphatic rings. The van der Waals surface area contributed by atoms with Crippen molar-refractivity contribution in [3.63, 3.8) is 0 Å². The normalized spacial score (nSPS) is 17.1. The maximum Gasteiger partial charge on any atom is 0.416 e. The number of benzene rings is 1. The average molecular weight is 392 g/mol. The number of amides is 1. The summed E-state index contributed by atoms with van der Waals surface area (Å²) in [6, 6.07) is 9.02. The molecule has 2 aromatic rings. The Bertz CT molecular complexity index is 851. The molecule has 1 fully saturated rings. The van der Waals surface area contributed by atoms with Crippen molar-refractivity contribution < 1.29 is 27.4 Å². The molecule has 0 spiro atoms. The van der Waals surface area contributed by atoms with Crippen LogP contribution in [0.2, 0.25) is 0 Å². The molecule has 0 N–H and O–H groups in total. The number of nitrogens with zero attached hydrogens (tertiary/aromatic N) is 2. The van der Waals surface area contributed by atoms with Crippen LogP contribution in [0.25, 0.3) is 6.08 Å². The molecule has 2 heterocycles. The van der Waals surface area contributed by atoms with Crippen LogP contribution in [0.5, 0.6) is 11.6 Å². The minimum absolute atomic E-state index is 0.0945. The summed E-state index contributed by atoms with van der Waals surface area (Å²) in [5.41, 5.74) is 0.0418. The lowest BCUT2D eigenvalue weighted by Crippen LogP contribution is -2.29. The first-order valence-corrected chi connectivity index (χ1v) is 8.66. The molecule has 148 valence electrons. The summed E-state index contributed by atoms with van der Waals surface area (Å²) in [6.45, 7) is 0.763. The van der Waals surface area contributed by atoms with Gasteiger partial charge in [-0.25, -0.2) is 4.98 Å². The van der Waals surface area contributed by atoms with E-state index in [0.717, 1.165) is 29.6 Å². The molecule has 1 aliphatic heterocycles. The van der Waals surface area contributed by atoms with E-state index in [1.165, 1.54) is 6.08 Å². The van der Waals surface area contributed by atoms with Gasteiger partial charge in [0.15, 0.2) is 0 Å². The van der Waals surface area contributed by atoms with Crippen molar-refractivity contribution in [2.24, 2.45) is 0 Å². The number of ether oxygens (including phenoxy) is 2. The van der Waals surface area contributed by atoms with Gasteiger partial charge in [-0.15, -0.1) is 0 Å². The third-order valence-corrected chi connectivity index (χ3v) is 4.34. The highest BCUT2D eigenvalue weighted by Gasteiger charge is 2.32.